The van der Waals surface area contributed by atoms with Gasteiger partial charge in [-0.25, -0.2) is 9.37 Å². The highest BCUT2D eigenvalue weighted by Gasteiger charge is 2.10. The molecular formula is C15H11FN4O. The van der Waals surface area contributed by atoms with Gasteiger partial charge in [-0.1, -0.05) is 12.1 Å². The third-order valence-corrected chi connectivity index (χ3v) is 2.84. The minimum atomic E-state index is -0.462. The number of amides is 1. The molecule has 6 heteroatoms. The second-order valence-corrected chi connectivity index (χ2v) is 4.32. The van der Waals surface area contributed by atoms with Crippen LogP contribution in [-0.4, -0.2) is 20.9 Å². The molecule has 0 radical (unpaired) electrons. The minimum Gasteiger partial charge on any atom is -0.323 e. The number of hydrogen-bond acceptors (Lipinski definition) is 3. The molecule has 2 aromatic heterocycles. The predicted molar refractivity (Wildman–Crippen MR) is 76.2 cm³/mol. The number of hydrogen-bond donors (Lipinski definition) is 2. The Hall–Kier alpha value is -3.02. The summed E-state index contributed by atoms with van der Waals surface area (Å²) in [4.78, 5) is 23.1. The lowest BCUT2D eigenvalue weighted by molar-refractivity contribution is 0.102. The first-order valence-electron chi connectivity index (χ1n) is 6.26. The van der Waals surface area contributed by atoms with Crippen molar-refractivity contribution in [2.45, 2.75) is 0 Å². The van der Waals surface area contributed by atoms with Gasteiger partial charge in [-0.3, -0.25) is 15.1 Å². The van der Waals surface area contributed by atoms with Crippen LogP contribution in [0.25, 0.3) is 11.4 Å². The summed E-state index contributed by atoms with van der Waals surface area (Å²) < 4.78 is 13.1. The van der Waals surface area contributed by atoms with Crippen LogP contribution in [0.1, 0.15) is 10.4 Å². The molecule has 0 saturated heterocycles. The Morgan fingerprint density at radius 3 is 2.81 bits per heavy atom. The van der Waals surface area contributed by atoms with Crippen molar-refractivity contribution < 1.29 is 9.18 Å². The highest BCUT2D eigenvalue weighted by molar-refractivity contribution is 6.03. The molecule has 0 aliphatic rings. The van der Waals surface area contributed by atoms with E-state index in [4.69, 9.17) is 0 Å². The van der Waals surface area contributed by atoms with E-state index < -0.39 is 11.7 Å². The van der Waals surface area contributed by atoms with Crippen molar-refractivity contribution in [1.82, 2.24) is 15.0 Å². The standard InChI is InChI=1S/C15H11FN4O/c16-11-5-3-4-10(8-11)14(21)20-15-18-9-13(19-15)12-6-1-2-7-17-12/h1-9H,(H2,18,19,20,21). The molecule has 0 bridgehead atoms. The summed E-state index contributed by atoms with van der Waals surface area (Å²) in [6.45, 7) is 0. The summed E-state index contributed by atoms with van der Waals surface area (Å²) >= 11 is 0. The van der Waals surface area contributed by atoms with E-state index in [0.717, 1.165) is 11.8 Å². The quantitative estimate of drug-likeness (QED) is 0.776. The Morgan fingerprint density at radius 2 is 2.05 bits per heavy atom. The van der Waals surface area contributed by atoms with E-state index in [1.807, 2.05) is 18.2 Å². The second-order valence-electron chi connectivity index (χ2n) is 4.32. The molecule has 0 spiro atoms. The van der Waals surface area contributed by atoms with Crippen LogP contribution in [0, 0.1) is 5.82 Å². The molecule has 0 saturated carbocycles. The fraction of sp³-hybridized carbons (Fsp3) is 0. The van der Waals surface area contributed by atoms with Crippen molar-refractivity contribution in [3.8, 4) is 11.4 Å². The molecule has 0 fully saturated rings. The summed E-state index contributed by atoms with van der Waals surface area (Å²) in [6, 6.07) is 10.9. The lowest BCUT2D eigenvalue weighted by Crippen LogP contribution is -2.13. The number of anilines is 1. The van der Waals surface area contributed by atoms with E-state index in [-0.39, 0.29) is 11.5 Å². The Labute approximate surface area is 119 Å². The fourth-order valence-corrected chi connectivity index (χ4v) is 1.85. The van der Waals surface area contributed by atoms with Gasteiger partial charge in [-0.2, -0.15) is 0 Å². The number of rotatable bonds is 3. The number of benzene rings is 1. The number of carbonyl (C=O) groups excluding carboxylic acids is 1. The summed E-state index contributed by atoms with van der Waals surface area (Å²) in [5.74, 6) is -0.613. The zero-order valence-electron chi connectivity index (χ0n) is 10.9. The lowest BCUT2D eigenvalue weighted by Gasteiger charge is -2.02. The summed E-state index contributed by atoms with van der Waals surface area (Å²) in [5.41, 5.74) is 1.63. The SMILES string of the molecule is O=C(Nc1ncc(-c2ccccn2)[nH]1)c1cccc(F)c1. The Balaban J connectivity index is 1.77. The van der Waals surface area contributed by atoms with E-state index in [0.29, 0.717) is 5.69 Å². The number of nitrogens with zero attached hydrogens (tertiary/aromatic N) is 2. The topological polar surface area (TPSA) is 70.7 Å². The summed E-state index contributed by atoms with van der Waals surface area (Å²) in [7, 11) is 0. The molecule has 5 nitrogen and oxygen atoms in total. The number of aromatic nitrogens is 3. The molecule has 0 atom stereocenters. The third kappa shape index (κ3) is 2.94. The molecule has 3 aromatic rings. The third-order valence-electron chi connectivity index (χ3n) is 2.84. The van der Waals surface area contributed by atoms with Crippen molar-refractivity contribution in [2.75, 3.05) is 5.32 Å². The van der Waals surface area contributed by atoms with Gasteiger partial charge in [0.05, 0.1) is 17.6 Å². The number of imidazole rings is 1. The van der Waals surface area contributed by atoms with Crippen LogP contribution < -0.4 is 5.32 Å². The monoisotopic (exact) mass is 282 g/mol. The van der Waals surface area contributed by atoms with Crippen LogP contribution in [-0.2, 0) is 0 Å². The van der Waals surface area contributed by atoms with Crippen LogP contribution in [0.3, 0.4) is 0 Å². The molecule has 0 aliphatic carbocycles. The van der Waals surface area contributed by atoms with Gasteiger partial charge in [0.15, 0.2) is 0 Å². The highest BCUT2D eigenvalue weighted by atomic mass is 19.1. The number of nitrogens with one attached hydrogen (secondary N) is 2. The molecule has 0 unspecified atom stereocenters. The largest absolute Gasteiger partial charge is 0.323 e. The van der Waals surface area contributed by atoms with Crippen LogP contribution in [0.2, 0.25) is 0 Å². The molecule has 1 amide bonds. The first-order chi connectivity index (χ1) is 10.2. The van der Waals surface area contributed by atoms with Gasteiger partial charge in [-0.15, -0.1) is 0 Å². The van der Waals surface area contributed by atoms with Gasteiger partial charge in [0.2, 0.25) is 5.95 Å². The first-order valence-corrected chi connectivity index (χ1v) is 6.26. The Kier molecular flexibility index (Phi) is 3.42. The highest BCUT2D eigenvalue weighted by Crippen LogP contribution is 2.15. The number of carbonyl (C=O) groups is 1. The molecule has 3 rings (SSSR count). The minimum absolute atomic E-state index is 0.228. The van der Waals surface area contributed by atoms with Gasteiger partial charge in [0.1, 0.15) is 5.82 Å². The average Bonchev–Trinajstić information content (AvgIpc) is 2.97. The average molecular weight is 282 g/mol. The Bertz CT molecular complexity index is 770. The maximum atomic E-state index is 13.1. The van der Waals surface area contributed by atoms with Gasteiger partial charge < -0.3 is 4.98 Å². The van der Waals surface area contributed by atoms with Gasteiger partial charge in [0.25, 0.3) is 5.91 Å². The van der Waals surface area contributed by atoms with Crippen LogP contribution in [0.4, 0.5) is 10.3 Å². The molecule has 0 aliphatic heterocycles. The predicted octanol–water partition coefficient (Wildman–Crippen LogP) is 2.86. The normalized spacial score (nSPS) is 10.3. The van der Waals surface area contributed by atoms with Crippen molar-refractivity contribution in [2.24, 2.45) is 0 Å². The fourth-order valence-electron chi connectivity index (χ4n) is 1.85. The summed E-state index contributed by atoms with van der Waals surface area (Å²) in [6.07, 6.45) is 3.24. The van der Waals surface area contributed by atoms with Gasteiger partial charge >= 0.3 is 0 Å². The van der Waals surface area contributed by atoms with E-state index in [1.165, 1.54) is 18.2 Å². The van der Waals surface area contributed by atoms with Crippen LogP contribution >= 0.6 is 0 Å². The van der Waals surface area contributed by atoms with E-state index >= 15 is 0 Å². The number of aromatic amines is 1. The van der Waals surface area contributed by atoms with Crippen molar-refractivity contribution in [3.63, 3.8) is 0 Å². The van der Waals surface area contributed by atoms with E-state index in [1.54, 1.807) is 12.4 Å². The van der Waals surface area contributed by atoms with Crippen LogP contribution in [0.5, 0.6) is 0 Å². The van der Waals surface area contributed by atoms with Crippen molar-refractivity contribution in [3.05, 3.63) is 66.2 Å². The molecule has 21 heavy (non-hydrogen) atoms. The van der Waals surface area contributed by atoms with Crippen molar-refractivity contribution in [1.29, 1.82) is 0 Å². The molecule has 2 N–H and O–H groups in total. The van der Waals surface area contributed by atoms with Gasteiger partial charge in [0, 0.05) is 11.8 Å². The maximum absolute atomic E-state index is 13.1. The number of halogens is 1. The van der Waals surface area contributed by atoms with E-state index in [9.17, 15) is 9.18 Å². The smallest absolute Gasteiger partial charge is 0.258 e. The first kappa shape index (κ1) is 13.0. The lowest BCUT2D eigenvalue weighted by atomic mass is 10.2. The zero-order chi connectivity index (χ0) is 14.7. The van der Waals surface area contributed by atoms with Gasteiger partial charge in [-0.05, 0) is 30.3 Å². The number of pyridine rings is 1. The molecule has 2 heterocycles. The van der Waals surface area contributed by atoms with Crippen LogP contribution in [0.15, 0.2) is 54.9 Å². The molecule has 1 aromatic carbocycles. The number of H-pyrrole nitrogens is 1. The van der Waals surface area contributed by atoms with E-state index in [2.05, 4.69) is 20.3 Å². The molecule has 104 valence electrons. The summed E-state index contributed by atoms with van der Waals surface area (Å²) in [5, 5.41) is 2.58. The second kappa shape index (κ2) is 5.54. The molecular weight excluding hydrogens is 271 g/mol. The Morgan fingerprint density at radius 1 is 1.14 bits per heavy atom. The van der Waals surface area contributed by atoms with Crippen molar-refractivity contribution >= 4 is 11.9 Å². The zero-order valence-corrected chi connectivity index (χ0v) is 10.9. The maximum Gasteiger partial charge on any atom is 0.258 e.